The van der Waals surface area contributed by atoms with Crippen molar-refractivity contribution in [2.45, 2.75) is 52.2 Å². The van der Waals surface area contributed by atoms with Crippen LogP contribution < -0.4 is 29.2 Å². The van der Waals surface area contributed by atoms with Crippen molar-refractivity contribution in [3.63, 3.8) is 0 Å². The van der Waals surface area contributed by atoms with E-state index in [0.29, 0.717) is 66.8 Å². The molecule has 0 atom stereocenters. The highest BCUT2D eigenvalue weighted by Crippen LogP contribution is 2.39. The molecule has 0 radical (unpaired) electrons. The minimum atomic E-state index is -0.343. The number of carbonyl (C=O) groups is 2. The summed E-state index contributed by atoms with van der Waals surface area (Å²) in [5.74, 6) is 2.41. The molecule has 1 aromatic heterocycles. The smallest absolute Gasteiger partial charge is 0.251 e. The number of hydrogen-bond acceptors (Lipinski definition) is 9. The molecule has 0 saturated carbocycles. The van der Waals surface area contributed by atoms with Gasteiger partial charge < -0.3 is 29.2 Å². The van der Waals surface area contributed by atoms with Gasteiger partial charge in [0.05, 0.1) is 38.7 Å². The molecule has 11 nitrogen and oxygen atoms in total. The number of para-hydroxylation sites is 1. The Morgan fingerprint density at radius 2 is 1.53 bits per heavy atom. The lowest BCUT2D eigenvalue weighted by molar-refractivity contribution is -0.116. The highest BCUT2D eigenvalue weighted by atomic mass is 32.2. The van der Waals surface area contributed by atoms with Gasteiger partial charge in [-0.25, -0.2) is 0 Å². The maximum atomic E-state index is 13.5. The SMILES string of the molecule is CCOc1ccc(-n2c(CNC(=O)c3cc(OCC)c(OCC)c(OCC)c3)nnc2SCC(=O)N2CCCc3ccccc32)cc1. The third-order valence-electron chi connectivity index (χ3n) is 7.42. The number of nitrogens with one attached hydrogen (secondary N) is 1. The molecule has 0 bridgehead atoms. The van der Waals surface area contributed by atoms with Crippen LogP contribution in [0.1, 0.15) is 55.9 Å². The van der Waals surface area contributed by atoms with E-state index in [0.717, 1.165) is 30.0 Å². The van der Waals surface area contributed by atoms with Gasteiger partial charge in [0, 0.05) is 23.5 Å². The molecule has 0 aliphatic carbocycles. The number of hydrogen-bond donors (Lipinski definition) is 1. The Kier molecular flexibility index (Phi) is 11.6. The van der Waals surface area contributed by atoms with Gasteiger partial charge in [-0.15, -0.1) is 10.2 Å². The van der Waals surface area contributed by atoms with E-state index in [4.69, 9.17) is 18.9 Å². The van der Waals surface area contributed by atoms with Crippen molar-refractivity contribution in [1.29, 1.82) is 0 Å². The fourth-order valence-corrected chi connectivity index (χ4v) is 6.25. The van der Waals surface area contributed by atoms with E-state index in [1.807, 2.05) is 79.6 Å². The largest absolute Gasteiger partial charge is 0.494 e. The summed E-state index contributed by atoms with van der Waals surface area (Å²) < 4.78 is 24.9. The van der Waals surface area contributed by atoms with Gasteiger partial charge in [-0.1, -0.05) is 30.0 Å². The van der Waals surface area contributed by atoms with Crippen LogP contribution in [0.25, 0.3) is 5.69 Å². The zero-order valence-corrected chi connectivity index (χ0v) is 28.1. The van der Waals surface area contributed by atoms with E-state index in [1.165, 1.54) is 17.3 Å². The fraction of sp³-hybridized carbons (Fsp3) is 0.371. The van der Waals surface area contributed by atoms with Crippen molar-refractivity contribution in [3.8, 4) is 28.7 Å². The molecule has 2 amide bonds. The Bertz CT molecular complexity index is 1650. The molecular formula is C35H41N5O6S. The number of fused-ring (bicyclic) bond motifs is 1. The van der Waals surface area contributed by atoms with Gasteiger partial charge >= 0.3 is 0 Å². The van der Waals surface area contributed by atoms with Crippen LogP contribution in [0.4, 0.5) is 5.69 Å². The summed E-state index contributed by atoms with van der Waals surface area (Å²) in [6, 6.07) is 18.9. The summed E-state index contributed by atoms with van der Waals surface area (Å²) in [4.78, 5) is 28.8. The molecule has 248 valence electrons. The third-order valence-corrected chi connectivity index (χ3v) is 8.33. The van der Waals surface area contributed by atoms with Gasteiger partial charge in [0.2, 0.25) is 11.7 Å². The van der Waals surface area contributed by atoms with E-state index < -0.39 is 0 Å². The Labute approximate surface area is 279 Å². The molecule has 0 saturated heterocycles. The minimum Gasteiger partial charge on any atom is -0.494 e. The molecule has 0 fully saturated rings. The lowest BCUT2D eigenvalue weighted by Gasteiger charge is -2.29. The highest BCUT2D eigenvalue weighted by molar-refractivity contribution is 7.99. The quantitative estimate of drug-likeness (QED) is 0.157. The molecular weight excluding hydrogens is 618 g/mol. The first-order chi connectivity index (χ1) is 23.0. The van der Waals surface area contributed by atoms with Crippen LogP contribution >= 0.6 is 11.8 Å². The Balaban J connectivity index is 1.38. The van der Waals surface area contributed by atoms with E-state index in [2.05, 4.69) is 21.6 Å². The second kappa shape index (κ2) is 16.2. The van der Waals surface area contributed by atoms with Crippen molar-refractivity contribution >= 4 is 29.3 Å². The van der Waals surface area contributed by atoms with Gasteiger partial charge in [-0.05, 0) is 88.6 Å². The molecule has 47 heavy (non-hydrogen) atoms. The summed E-state index contributed by atoms with van der Waals surface area (Å²) >= 11 is 1.31. The van der Waals surface area contributed by atoms with Gasteiger partial charge in [0.15, 0.2) is 22.5 Å². The van der Waals surface area contributed by atoms with Crippen LogP contribution in [0.3, 0.4) is 0 Å². The third kappa shape index (κ3) is 7.99. The van der Waals surface area contributed by atoms with Crippen molar-refractivity contribution in [1.82, 2.24) is 20.1 Å². The highest BCUT2D eigenvalue weighted by Gasteiger charge is 2.24. The lowest BCUT2D eigenvalue weighted by Crippen LogP contribution is -2.36. The van der Waals surface area contributed by atoms with E-state index in [-0.39, 0.29) is 24.1 Å². The topological polar surface area (TPSA) is 117 Å². The molecule has 1 aliphatic heterocycles. The Morgan fingerprint density at radius 3 is 2.21 bits per heavy atom. The summed E-state index contributed by atoms with van der Waals surface area (Å²) in [6.07, 6.45) is 1.89. The first-order valence-corrected chi connectivity index (χ1v) is 17.0. The fourth-order valence-electron chi connectivity index (χ4n) is 5.40. The summed E-state index contributed by atoms with van der Waals surface area (Å²) in [5.41, 5.74) is 3.28. The van der Waals surface area contributed by atoms with Crippen molar-refractivity contribution in [2.75, 3.05) is 43.6 Å². The molecule has 1 N–H and O–H groups in total. The average molecular weight is 660 g/mol. The van der Waals surface area contributed by atoms with Crippen LogP contribution in [0.5, 0.6) is 23.0 Å². The van der Waals surface area contributed by atoms with Crippen LogP contribution in [-0.4, -0.2) is 65.3 Å². The number of ether oxygens (including phenoxy) is 4. The minimum absolute atomic E-state index is 0.00366. The summed E-state index contributed by atoms with van der Waals surface area (Å²) in [6.45, 7) is 10.1. The molecule has 3 aromatic carbocycles. The zero-order chi connectivity index (χ0) is 33.2. The molecule has 2 heterocycles. The van der Waals surface area contributed by atoms with Crippen LogP contribution in [0.2, 0.25) is 0 Å². The molecule has 1 aliphatic rings. The normalized spacial score (nSPS) is 12.3. The molecule has 12 heteroatoms. The second-order valence-corrected chi connectivity index (χ2v) is 11.5. The predicted molar refractivity (Wildman–Crippen MR) is 181 cm³/mol. The number of aryl methyl sites for hydroxylation is 1. The number of rotatable bonds is 15. The predicted octanol–water partition coefficient (Wildman–Crippen LogP) is 5.86. The standard InChI is InChI=1S/C35H41N5O6S/c1-5-43-27-17-15-26(16-18-27)40-31(22-36-34(42)25-20-29(44-6-2)33(46-8-4)30(21-25)45-7-3)37-38-35(40)47-23-32(41)39-19-11-13-24-12-9-10-14-28(24)39/h9-10,12,14-18,20-21H,5-8,11,13,19,22-23H2,1-4H3,(H,36,42). The van der Waals surface area contributed by atoms with Gasteiger partial charge in [-0.2, -0.15) is 0 Å². The summed E-state index contributed by atoms with van der Waals surface area (Å²) in [7, 11) is 0. The average Bonchev–Trinajstić information content (AvgIpc) is 3.50. The first-order valence-electron chi connectivity index (χ1n) is 16.0. The Morgan fingerprint density at radius 1 is 0.851 bits per heavy atom. The maximum Gasteiger partial charge on any atom is 0.251 e. The van der Waals surface area contributed by atoms with Crippen LogP contribution in [0.15, 0.2) is 65.8 Å². The monoisotopic (exact) mass is 659 g/mol. The van der Waals surface area contributed by atoms with Crippen molar-refractivity contribution < 1.29 is 28.5 Å². The van der Waals surface area contributed by atoms with Crippen LogP contribution in [-0.2, 0) is 17.8 Å². The zero-order valence-electron chi connectivity index (χ0n) is 27.3. The van der Waals surface area contributed by atoms with Crippen molar-refractivity contribution in [3.05, 3.63) is 77.6 Å². The first kappa shape index (κ1) is 33.6. The number of thioether (sulfide) groups is 1. The number of aromatic nitrogens is 3. The summed E-state index contributed by atoms with van der Waals surface area (Å²) in [5, 5.41) is 12.4. The maximum absolute atomic E-state index is 13.5. The Hall–Kier alpha value is -4.71. The second-order valence-electron chi connectivity index (χ2n) is 10.5. The van der Waals surface area contributed by atoms with Gasteiger partial charge in [0.25, 0.3) is 5.91 Å². The number of carbonyl (C=O) groups excluding carboxylic acids is 2. The molecule has 4 aromatic rings. The van der Waals surface area contributed by atoms with E-state index in [9.17, 15) is 9.59 Å². The molecule has 0 spiro atoms. The van der Waals surface area contributed by atoms with E-state index in [1.54, 1.807) is 12.1 Å². The van der Waals surface area contributed by atoms with Crippen molar-refractivity contribution in [2.24, 2.45) is 0 Å². The van der Waals surface area contributed by atoms with Crippen LogP contribution in [0, 0.1) is 0 Å². The number of benzene rings is 3. The van der Waals surface area contributed by atoms with E-state index >= 15 is 0 Å². The lowest BCUT2D eigenvalue weighted by atomic mass is 10.0. The molecule has 0 unspecified atom stereocenters. The number of nitrogens with zero attached hydrogens (tertiary/aromatic N) is 4. The number of anilines is 1. The van der Waals surface area contributed by atoms with Gasteiger partial charge in [0.1, 0.15) is 5.75 Å². The van der Waals surface area contributed by atoms with Gasteiger partial charge in [-0.3, -0.25) is 14.2 Å². The number of amides is 2. The molecule has 5 rings (SSSR count).